The highest BCUT2D eigenvalue weighted by molar-refractivity contribution is 9.14. The van der Waals surface area contributed by atoms with Crippen LogP contribution in [0, 0.1) is 0 Å². The van der Waals surface area contributed by atoms with Gasteiger partial charge in [0.05, 0.1) is 0 Å². The summed E-state index contributed by atoms with van der Waals surface area (Å²) in [7, 11) is 3.02. The SMILES string of the molecule is SSPSS. The van der Waals surface area contributed by atoms with Crippen molar-refractivity contribution in [3.05, 3.63) is 0 Å². The van der Waals surface area contributed by atoms with Crippen LogP contribution in [0.3, 0.4) is 0 Å². The van der Waals surface area contributed by atoms with Gasteiger partial charge in [-0.1, -0.05) is 20.8 Å². The highest BCUT2D eigenvalue weighted by Crippen LogP contribution is 2.46. The lowest BCUT2D eigenvalue weighted by molar-refractivity contribution is 5.59. The molecule has 0 atom stereocenters. The lowest BCUT2D eigenvalue weighted by Crippen LogP contribution is -1.02. The van der Waals surface area contributed by atoms with E-state index in [1.165, 1.54) is 20.8 Å². The maximum atomic E-state index is 3.86. The van der Waals surface area contributed by atoms with Gasteiger partial charge in [-0.2, -0.15) is 0 Å². The third-order valence-corrected chi connectivity index (χ3v) is 6.04. The lowest BCUT2D eigenvalue weighted by atomic mass is 29.8. The summed E-state index contributed by atoms with van der Waals surface area (Å²) in [5.74, 6) is 0. The Morgan fingerprint density at radius 1 is 1.20 bits per heavy atom. The molecule has 0 saturated heterocycles. The van der Waals surface area contributed by atoms with Crippen LogP contribution in [-0.4, -0.2) is 0 Å². The van der Waals surface area contributed by atoms with E-state index in [4.69, 9.17) is 0 Å². The van der Waals surface area contributed by atoms with Crippen LogP contribution in [0.5, 0.6) is 0 Å². The zero-order valence-corrected chi connectivity index (χ0v) is 6.63. The molecule has 0 saturated carbocycles. The summed E-state index contributed by atoms with van der Waals surface area (Å²) < 4.78 is 0. The van der Waals surface area contributed by atoms with Crippen LogP contribution in [0.4, 0.5) is 0 Å². The summed E-state index contributed by atoms with van der Waals surface area (Å²) in [6, 6.07) is 0. The molecule has 0 radical (unpaired) electrons. The first-order valence-electron chi connectivity index (χ1n) is 0.773. The van der Waals surface area contributed by atoms with E-state index >= 15 is 0 Å². The molecule has 0 N–H and O–H groups in total. The molecule has 0 aromatic carbocycles. The summed E-state index contributed by atoms with van der Waals surface area (Å²) in [5.41, 5.74) is 0. The van der Waals surface area contributed by atoms with Gasteiger partial charge in [0, 0.05) is 6.98 Å². The van der Waals surface area contributed by atoms with E-state index in [1.54, 1.807) is 0 Å². The highest BCUT2D eigenvalue weighted by atomic mass is 33.5. The van der Waals surface area contributed by atoms with Crippen LogP contribution < -0.4 is 0 Å². The molecule has 0 bridgehead atoms. The van der Waals surface area contributed by atoms with Crippen molar-refractivity contribution >= 4 is 51.1 Å². The number of hydrogen-bond acceptors (Lipinski definition) is 4. The van der Waals surface area contributed by atoms with Gasteiger partial charge >= 0.3 is 0 Å². The van der Waals surface area contributed by atoms with Gasteiger partial charge in [0.25, 0.3) is 0 Å². The molecule has 5 heavy (non-hydrogen) atoms. The van der Waals surface area contributed by atoms with Crippen LogP contribution >= 0.6 is 51.1 Å². The minimum absolute atomic E-state index is 0.759. The quantitative estimate of drug-likeness (QED) is 0.364. The zero-order chi connectivity index (χ0) is 4.12. The van der Waals surface area contributed by atoms with E-state index in [1.807, 2.05) is 0 Å². The molecule has 0 heterocycles. The molecule has 0 aliphatic heterocycles. The zero-order valence-electron chi connectivity index (χ0n) is 2.21. The van der Waals surface area contributed by atoms with Gasteiger partial charge in [-0.3, -0.25) is 0 Å². The molecule has 0 spiro atoms. The van der Waals surface area contributed by atoms with Crippen LogP contribution in [0.2, 0.25) is 0 Å². The summed E-state index contributed by atoms with van der Waals surface area (Å²) in [6.45, 7) is 0.759. The Bertz CT molecular complexity index is 11.1. The first-order chi connectivity index (χ1) is 2.41. The van der Waals surface area contributed by atoms with E-state index < -0.39 is 0 Å². The van der Waals surface area contributed by atoms with Crippen molar-refractivity contribution in [3.63, 3.8) is 0 Å². The van der Waals surface area contributed by atoms with Gasteiger partial charge < -0.3 is 0 Å². The first kappa shape index (κ1) is 6.83. The molecule has 0 rings (SSSR count). The Morgan fingerprint density at radius 3 is 1.60 bits per heavy atom. The number of rotatable bonds is 2. The fourth-order valence-electron chi connectivity index (χ4n) is 0.0167. The second-order valence-electron chi connectivity index (χ2n) is 0.266. The Hall–Kier alpha value is 1.83. The van der Waals surface area contributed by atoms with Gasteiger partial charge in [-0.25, -0.2) is 0 Å². The Balaban J connectivity index is 2.19. The van der Waals surface area contributed by atoms with E-state index in [-0.39, 0.29) is 0 Å². The van der Waals surface area contributed by atoms with Gasteiger partial charge in [0.15, 0.2) is 0 Å². The Morgan fingerprint density at radius 2 is 1.60 bits per heavy atom. The maximum Gasteiger partial charge on any atom is 0.0214 e. The van der Waals surface area contributed by atoms with Gasteiger partial charge in [0.2, 0.25) is 0 Å². The van der Waals surface area contributed by atoms with Crippen LogP contribution in [0.1, 0.15) is 0 Å². The van der Waals surface area contributed by atoms with Gasteiger partial charge in [-0.05, 0) is 0 Å². The normalized spacial score (nSPS) is 8.40. The van der Waals surface area contributed by atoms with Crippen molar-refractivity contribution in [1.82, 2.24) is 0 Å². The largest absolute Gasteiger partial charge is 0.106 e. The van der Waals surface area contributed by atoms with Crippen LogP contribution in [0.15, 0.2) is 0 Å². The summed E-state index contributed by atoms with van der Waals surface area (Å²) >= 11 is 7.72. The highest BCUT2D eigenvalue weighted by Gasteiger charge is 1.69. The molecular weight excluding hydrogens is 159 g/mol. The predicted octanol–water partition coefficient (Wildman–Crippen LogP) is 2.65. The second kappa shape index (κ2) is 5.83. The monoisotopic (exact) mass is 162 g/mol. The van der Waals surface area contributed by atoms with Gasteiger partial charge in [0.1, 0.15) is 0 Å². The van der Waals surface area contributed by atoms with Crippen LogP contribution in [-0.2, 0) is 0 Å². The van der Waals surface area contributed by atoms with Crippen molar-refractivity contribution in [3.8, 4) is 0 Å². The molecule has 0 aliphatic rings. The number of hydrogen-bond donors (Lipinski definition) is 2. The van der Waals surface area contributed by atoms with Crippen molar-refractivity contribution in [1.29, 1.82) is 0 Å². The summed E-state index contributed by atoms with van der Waals surface area (Å²) in [4.78, 5) is 0. The van der Waals surface area contributed by atoms with Crippen LogP contribution in [0.25, 0.3) is 0 Å². The second-order valence-corrected chi connectivity index (χ2v) is 7.18. The van der Waals surface area contributed by atoms with E-state index in [0.717, 1.165) is 6.98 Å². The number of thiol groups is 2. The Labute approximate surface area is 51.1 Å². The molecule has 0 nitrogen and oxygen atoms in total. The summed E-state index contributed by atoms with van der Waals surface area (Å²) in [6.07, 6.45) is 0. The van der Waals surface area contributed by atoms with E-state index in [0.29, 0.717) is 0 Å². The molecule has 0 fully saturated rings. The topological polar surface area (TPSA) is 0 Å². The maximum absolute atomic E-state index is 3.86. The molecule has 32 valence electrons. The third kappa shape index (κ3) is 5.83. The molecule has 0 aromatic rings. The summed E-state index contributed by atoms with van der Waals surface area (Å²) in [5, 5.41) is 0. The van der Waals surface area contributed by atoms with Crippen molar-refractivity contribution in [2.24, 2.45) is 0 Å². The first-order valence-corrected chi connectivity index (χ1v) is 6.96. The van der Waals surface area contributed by atoms with E-state index in [2.05, 4.69) is 23.3 Å². The molecular formula is H3PS4. The van der Waals surface area contributed by atoms with Crippen molar-refractivity contribution in [2.45, 2.75) is 0 Å². The average Bonchev–Trinajstić information content (AvgIpc) is 1.41. The fraction of sp³-hybridized carbons (Fsp3) is 0. The smallest absolute Gasteiger partial charge is 0.0214 e. The lowest BCUT2D eigenvalue weighted by Gasteiger charge is -1.77. The average molecular weight is 162 g/mol. The predicted molar refractivity (Wildman–Crippen MR) is 41.5 cm³/mol. The molecule has 0 unspecified atom stereocenters. The van der Waals surface area contributed by atoms with E-state index in [9.17, 15) is 0 Å². The fourth-order valence-corrected chi connectivity index (χ4v) is 4.05. The minimum Gasteiger partial charge on any atom is -0.106 e. The van der Waals surface area contributed by atoms with Crippen molar-refractivity contribution in [2.75, 3.05) is 0 Å². The third-order valence-electron chi connectivity index (χ3n) is 0.0745. The molecule has 0 aromatic heterocycles. The molecule has 0 aliphatic carbocycles. The standard InChI is InChI=1S/H3PS4/c2-4-1-5-3/h1-3H. The molecule has 0 amide bonds. The minimum atomic E-state index is 0.759. The molecule has 5 heteroatoms. The Kier molecular flexibility index (Phi) is 7.96. The van der Waals surface area contributed by atoms with Crippen molar-refractivity contribution < 1.29 is 0 Å². The van der Waals surface area contributed by atoms with Gasteiger partial charge in [-0.15, -0.1) is 23.3 Å².